The lowest BCUT2D eigenvalue weighted by Gasteiger charge is -2.15. The summed E-state index contributed by atoms with van der Waals surface area (Å²) in [4.78, 5) is 5.54. The van der Waals surface area contributed by atoms with Crippen LogP contribution in [0.15, 0.2) is 40.4 Å². The summed E-state index contributed by atoms with van der Waals surface area (Å²) in [7, 11) is 1.95. The van der Waals surface area contributed by atoms with E-state index in [9.17, 15) is 0 Å². The van der Waals surface area contributed by atoms with E-state index in [4.69, 9.17) is 10.8 Å². The van der Waals surface area contributed by atoms with Gasteiger partial charge < -0.3 is 11.1 Å². The van der Waals surface area contributed by atoms with E-state index >= 15 is 0 Å². The predicted molar refractivity (Wildman–Crippen MR) is 85.4 cm³/mol. The molecule has 21 heavy (non-hydrogen) atoms. The molecule has 0 unspecified atom stereocenters. The van der Waals surface area contributed by atoms with E-state index in [1.807, 2.05) is 30.1 Å². The largest absolute Gasteiger partial charge is 0.398 e. The molecule has 0 saturated carbocycles. The minimum atomic E-state index is 0.790. The first-order valence-electron chi connectivity index (χ1n) is 6.86. The maximum atomic E-state index is 6.17. The number of fused-ring (bicyclic) bond motifs is 2. The van der Waals surface area contributed by atoms with Gasteiger partial charge in [-0.1, -0.05) is 11.8 Å². The Balaban J connectivity index is 2.03. The molecule has 0 atom stereocenters. The highest BCUT2D eigenvalue weighted by Gasteiger charge is 2.25. The third-order valence-corrected chi connectivity index (χ3v) is 4.86. The number of benzene rings is 1. The lowest BCUT2D eigenvalue weighted by Crippen LogP contribution is -2.15. The zero-order chi connectivity index (χ0) is 14.4. The number of hydrogen-bond donors (Lipinski definition) is 2. The predicted octanol–water partition coefficient (Wildman–Crippen LogP) is 2.36. The van der Waals surface area contributed by atoms with Crippen molar-refractivity contribution >= 4 is 28.4 Å². The first-order valence-corrected chi connectivity index (χ1v) is 7.68. The molecular weight excluding hydrogens is 282 g/mol. The molecule has 1 aromatic carbocycles. The molecule has 1 aliphatic rings. The molecular formula is C15H15N5S. The van der Waals surface area contributed by atoms with Crippen LogP contribution in [0.25, 0.3) is 22.2 Å². The van der Waals surface area contributed by atoms with Crippen molar-refractivity contribution < 1.29 is 0 Å². The highest BCUT2D eigenvalue weighted by Crippen LogP contribution is 2.48. The van der Waals surface area contributed by atoms with Crippen molar-refractivity contribution in [2.45, 2.75) is 16.5 Å². The molecule has 0 saturated heterocycles. The van der Waals surface area contributed by atoms with Gasteiger partial charge in [-0.05, 0) is 31.3 Å². The topological polar surface area (TPSA) is 68.8 Å². The van der Waals surface area contributed by atoms with E-state index in [1.165, 1.54) is 0 Å². The van der Waals surface area contributed by atoms with Gasteiger partial charge in [0.2, 0.25) is 0 Å². The Kier molecular flexibility index (Phi) is 2.87. The van der Waals surface area contributed by atoms with Crippen molar-refractivity contribution in [2.75, 3.05) is 19.3 Å². The number of anilines is 1. The maximum absolute atomic E-state index is 6.17. The number of nitrogens with zero attached hydrogens (tertiary/aromatic N) is 3. The van der Waals surface area contributed by atoms with E-state index in [2.05, 4.69) is 22.4 Å². The number of nitrogens with two attached hydrogens (primary N) is 1. The number of hydrogen-bond acceptors (Lipinski definition) is 5. The third kappa shape index (κ3) is 1.83. The van der Waals surface area contributed by atoms with Crippen LogP contribution in [0.1, 0.15) is 0 Å². The second-order valence-corrected chi connectivity index (χ2v) is 6.01. The quantitative estimate of drug-likeness (QED) is 0.568. The number of aromatic nitrogens is 3. The molecule has 0 spiro atoms. The highest BCUT2D eigenvalue weighted by atomic mass is 32.2. The Bertz CT molecular complexity index is 839. The first-order chi connectivity index (χ1) is 10.3. The summed E-state index contributed by atoms with van der Waals surface area (Å²) in [5, 5.41) is 10.1. The number of nitrogens with one attached hydrogen (secondary N) is 1. The first kappa shape index (κ1) is 12.7. The fourth-order valence-electron chi connectivity index (χ4n) is 2.69. The molecule has 6 heteroatoms. The molecule has 0 aliphatic carbocycles. The average molecular weight is 297 g/mol. The molecule has 4 rings (SSSR count). The van der Waals surface area contributed by atoms with Gasteiger partial charge in [-0.3, -0.25) is 4.68 Å². The smallest absolute Gasteiger partial charge is 0.110 e. The van der Waals surface area contributed by atoms with Crippen LogP contribution in [0.3, 0.4) is 0 Å². The Morgan fingerprint density at radius 1 is 1.33 bits per heavy atom. The monoisotopic (exact) mass is 297 g/mol. The molecule has 3 heterocycles. The lowest BCUT2D eigenvalue weighted by atomic mass is 10.1. The summed E-state index contributed by atoms with van der Waals surface area (Å²) in [6.45, 7) is 1.71. The molecule has 0 amide bonds. The molecule has 0 radical (unpaired) electrons. The van der Waals surface area contributed by atoms with Crippen molar-refractivity contribution in [1.82, 2.24) is 20.1 Å². The number of likely N-dealkylation sites (N-methyl/N-ethyl adjacent to an activating group) is 1. The molecule has 3 N–H and O–H groups in total. The van der Waals surface area contributed by atoms with E-state index in [0.717, 1.165) is 50.9 Å². The second-order valence-electron chi connectivity index (χ2n) is 5.01. The van der Waals surface area contributed by atoms with Gasteiger partial charge in [-0.2, -0.15) is 5.10 Å². The maximum Gasteiger partial charge on any atom is 0.110 e. The van der Waals surface area contributed by atoms with Crippen LogP contribution in [-0.4, -0.2) is 28.4 Å². The standard InChI is InChI=1S/C15H15N5S/c1-17-7-8-20-11-5-4-10(16)14-12(11)13(19-20)9-3-2-6-18-15(9)21-14/h2-6,17H,7-8,16H2,1H3. The highest BCUT2D eigenvalue weighted by molar-refractivity contribution is 7.99. The summed E-state index contributed by atoms with van der Waals surface area (Å²) in [6, 6.07) is 8.04. The molecule has 5 nitrogen and oxygen atoms in total. The Hall–Kier alpha value is -2.05. The zero-order valence-corrected chi connectivity index (χ0v) is 12.4. The summed E-state index contributed by atoms with van der Waals surface area (Å²) >= 11 is 1.63. The van der Waals surface area contributed by atoms with Gasteiger partial charge in [0.1, 0.15) is 10.7 Å². The van der Waals surface area contributed by atoms with E-state index in [0.29, 0.717) is 0 Å². The van der Waals surface area contributed by atoms with Crippen molar-refractivity contribution in [3.05, 3.63) is 30.5 Å². The van der Waals surface area contributed by atoms with Crippen molar-refractivity contribution in [1.29, 1.82) is 0 Å². The molecule has 106 valence electrons. The molecule has 0 bridgehead atoms. The second kappa shape index (κ2) is 4.75. The van der Waals surface area contributed by atoms with Crippen LogP contribution >= 0.6 is 11.8 Å². The van der Waals surface area contributed by atoms with E-state index in [1.54, 1.807) is 11.8 Å². The van der Waals surface area contributed by atoms with Gasteiger partial charge in [0.15, 0.2) is 0 Å². The van der Waals surface area contributed by atoms with Gasteiger partial charge in [-0.25, -0.2) is 4.98 Å². The summed E-state index contributed by atoms with van der Waals surface area (Å²) in [5.74, 6) is 0. The Morgan fingerprint density at radius 2 is 2.24 bits per heavy atom. The lowest BCUT2D eigenvalue weighted by molar-refractivity contribution is 0.602. The van der Waals surface area contributed by atoms with Gasteiger partial charge in [-0.15, -0.1) is 0 Å². The number of nitrogen functional groups attached to an aromatic ring is 1. The van der Waals surface area contributed by atoms with Gasteiger partial charge >= 0.3 is 0 Å². The normalized spacial score (nSPS) is 12.6. The van der Waals surface area contributed by atoms with Crippen LogP contribution in [0.5, 0.6) is 0 Å². The van der Waals surface area contributed by atoms with Crippen molar-refractivity contribution in [3.8, 4) is 11.3 Å². The third-order valence-electron chi connectivity index (χ3n) is 3.70. The van der Waals surface area contributed by atoms with Gasteiger partial charge in [0.25, 0.3) is 0 Å². The van der Waals surface area contributed by atoms with E-state index < -0.39 is 0 Å². The summed E-state index contributed by atoms with van der Waals surface area (Å²) in [6.07, 6.45) is 1.81. The summed E-state index contributed by atoms with van der Waals surface area (Å²) < 4.78 is 2.05. The molecule has 2 aromatic heterocycles. The Labute approximate surface area is 126 Å². The minimum Gasteiger partial charge on any atom is -0.398 e. The zero-order valence-electron chi connectivity index (χ0n) is 11.6. The fourth-order valence-corrected chi connectivity index (χ4v) is 3.76. The van der Waals surface area contributed by atoms with Crippen LogP contribution in [0, 0.1) is 0 Å². The van der Waals surface area contributed by atoms with Crippen LogP contribution < -0.4 is 11.1 Å². The number of rotatable bonds is 3. The van der Waals surface area contributed by atoms with Gasteiger partial charge in [0.05, 0.1) is 12.1 Å². The van der Waals surface area contributed by atoms with Crippen LogP contribution in [-0.2, 0) is 6.54 Å². The van der Waals surface area contributed by atoms with Crippen LogP contribution in [0.4, 0.5) is 5.69 Å². The Morgan fingerprint density at radius 3 is 3.10 bits per heavy atom. The van der Waals surface area contributed by atoms with Gasteiger partial charge in [0, 0.05) is 34.3 Å². The van der Waals surface area contributed by atoms with Crippen LogP contribution in [0.2, 0.25) is 0 Å². The molecule has 3 aromatic rings. The minimum absolute atomic E-state index is 0.790. The number of pyridine rings is 1. The SMILES string of the molecule is CNCCn1nc2c3c(c(N)ccc31)Sc1ncccc1-2. The van der Waals surface area contributed by atoms with Crippen molar-refractivity contribution in [3.63, 3.8) is 0 Å². The molecule has 0 fully saturated rings. The summed E-state index contributed by atoms with van der Waals surface area (Å²) in [5.41, 5.74) is 10.2. The van der Waals surface area contributed by atoms with Crippen molar-refractivity contribution in [2.24, 2.45) is 0 Å². The van der Waals surface area contributed by atoms with E-state index in [-0.39, 0.29) is 0 Å². The molecule has 1 aliphatic heterocycles. The average Bonchev–Trinajstić information content (AvgIpc) is 2.88. The fraction of sp³-hybridized carbons (Fsp3) is 0.200.